The zero-order chi connectivity index (χ0) is 47.8. The molecular formula is C53H60FN5O7S2. The molecule has 68 heavy (non-hydrogen) atoms. The maximum absolute atomic E-state index is 14.0. The number of hydrogen-bond acceptors (Lipinski definition) is 11. The Labute approximate surface area is 405 Å². The minimum absolute atomic E-state index is 0.118. The summed E-state index contributed by atoms with van der Waals surface area (Å²) in [6, 6.07) is 25.7. The highest BCUT2D eigenvalue weighted by atomic mass is 32.1. The number of thiophene rings is 1. The molecule has 2 saturated heterocycles. The number of benzene rings is 4. The first-order valence-corrected chi connectivity index (χ1v) is 25.1. The Balaban J connectivity index is 0.726. The standard InChI is InChI=1S/C53H60FN5O7S2/c1-34-48(67-33-56-34)36-11-9-35(10-12-36)32-55-51(62)44-7-5-25-59(44)52(63)50(53(2,3)4)57-46(61)8-6-29-64-41-23-26-58(27-24-41)28-30-65-40-18-20-42(21-19-40)66-47-43-22-17-39(60)31-45(43)68-49(47)37-13-15-38(54)16-14-37/h9-22,31,33,41,44,50,60H,5-8,23-30,32H2,1-4H3,(H,55,62)(H,57,61)/t44-,50?/m0/s1. The molecular weight excluding hydrogens is 902 g/mol. The summed E-state index contributed by atoms with van der Waals surface area (Å²) in [4.78, 5) is 51.0. The van der Waals surface area contributed by atoms with Crippen LogP contribution in [-0.2, 0) is 25.7 Å². The number of phenolic OH excluding ortho intramolecular Hbond substituents is 1. The van der Waals surface area contributed by atoms with Crippen molar-refractivity contribution in [3.05, 3.63) is 114 Å². The van der Waals surface area contributed by atoms with Crippen LogP contribution in [0.25, 0.3) is 31.0 Å². The number of aromatic nitrogens is 1. The lowest BCUT2D eigenvalue weighted by atomic mass is 9.85. The van der Waals surface area contributed by atoms with Crippen molar-refractivity contribution in [3.63, 3.8) is 0 Å². The molecule has 0 bridgehead atoms. The molecule has 15 heteroatoms. The summed E-state index contributed by atoms with van der Waals surface area (Å²) in [6.45, 7) is 12.2. The molecule has 12 nitrogen and oxygen atoms in total. The maximum atomic E-state index is 14.0. The van der Waals surface area contributed by atoms with Gasteiger partial charge in [-0.3, -0.25) is 19.3 Å². The van der Waals surface area contributed by atoms with Gasteiger partial charge >= 0.3 is 0 Å². The summed E-state index contributed by atoms with van der Waals surface area (Å²) in [7, 11) is 0. The third kappa shape index (κ3) is 12.2. The van der Waals surface area contributed by atoms with Crippen LogP contribution in [0.2, 0.25) is 0 Å². The minimum Gasteiger partial charge on any atom is -0.508 e. The first-order valence-electron chi connectivity index (χ1n) is 23.4. The zero-order valence-corrected chi connectivity index (χ0v) is 40.7. The van der Waals surface area contributed by atoms with Crippen LogP contribution >= 0.6 is 22.7 Å². The topological polar surface area (TPSA) is 143 Å². The molecule has 2 aromatic heterocycles. The first-order chi connectivity index (χ1) is 32.8. The highest BCUT2D eigenvalue weighted by Crippen LogP contribution is 2.47. The van der Waals surface area contributed by atoms with Crippen molar-refractivity contribution in [2.75, 3.05) is 39.4 Å². The lowest BCUT2D eigenvalue weighted by Crippen LogP contribution is -2.57. The van der Waals surface area contributed by atoms with Crippen LogP contribution in [0.15, 0.2) is 96.5 Å². The summed E-state index contributed by atoms with van der Waals surface area (Å²) in [5.41, 5.74) is 5.16. The number of halogens is 1. The fraction of sp³-hybridized carbons (Fsp3) is 0.396. The molecule has 4 heterocycles. The molecule has 6 aromatic rings. The average Bonchev–Trinajstić information content (AvgIpc) is 4.09. The van der Waals surface area contributed by atoms with Crippen molar-refractivity contribution in [2.45, 2.75) is 91.0 Å². The molecule has 2 aliphatic rings. The smallest absolute Gasteiger partial charge is 0.246 e. The third-order valence-electron chi connectivity index (χ3n) is 12.6. The van der Waals surface area contributed by atoms with Gasteiger partial charge in [-0.1, -0.05) is 57.2 Å². The number of ether oxygens (including phenoxy) is 3. The van der Waals surface area contributed by atoms with Gasteiger partial charge in [-0.2, -0.15) is 0 Å². The SMILES string of the molecule is Cc1ncsc1-c1ccc(CNC(=O)[C@@H]2CCCN2C(=O)C(NC(=O)CCCOC2CCN(CCOc3ccc(Oc4c(-c5ccc(F)cc5)sc5cc(O)ccc45)cc3)CC2)C(C)(C)C)cc1. The number of nitrogens with one attached hydrogen (secondary N) is 2. The van der Waals surface area contributed by atoms with Gasteiger partial charge in [0.25, 0.3) is 0 Å². The molecule has 0 saturated carbocycles. The van der Waals surface area contributed by atoms with E-state index in [-0.39, 0.29) is 41.8 Å². The Bertz CT molecular complexity index is 2660. The number of likely N-dealkylation sites (tertiary alicyclic amines) is 2. The number of carbonyl (C=O) groups is 3. The van der Waals surface area contributed by atoms with Gasteiger partial charge in [0.15, 0.2) is 5.75 Å². The number of aryl methyl sites for hydroxylation is 1. The van der Waals surface area contributed by atoms with Crippen molar-refractivity contribution in [1.82, 2.24) is 25.4 Å². The predicted molar refractivity (Wildman–Crippen MR) is 266 cm³/mol. The van der Waals surface area contributed by atoms with Crippen LogP contribution in [0.1, 0.15) is 70.6 Å². The van der Waals surface area contributed by atoms with E-state index in [0.29, 0.717) is 50.6 Å². The van der Waals surface area contributed by atoms with E-state index in [0.717, 1.165) is 86.9 Å². The monoisotopic (exact) mass is 961 g/mol. The molecule has 2 aliphatic heterocycles. The Morgan fingerprint density at radius 3 is 2.29 bits per heavy atom. The molecule has 0 spiro atoms. The molecule has 2 fully saturated rings. The predicted octanol–water partition coefficient (Wildman–Crippen LogP) is 10.1. The average molecular weight is 962 g/mol. The molecule has 8 rings (SSSR count). The number of nitrogens with zero attached hydrogens (tertiary/aromatic N) is 3. The minimum atomic E-state index is -0.771. The van der Waals surface area contributed by atoms with Gasteiger partial charge in [0.05, 0.1) is 27.1 Å². The summed E-state index contributed by atoms with van der Waals surface area (Å²) >= 11 is 3.08. The lowest BCUT2D eigenvalue weighted by molar-refractivity contribution is -0.144. The number of carbonyl (C=O) groups excluding carboxylic acids is 3. The van der Waals surface area contributed by atoms with E-state index in [1.165, 1.54) is 23.5 Å². The van der Waals surface area contributed by atoms with Gasteiger partial charge < -0.3 is 34.9 Å². The van der Waals surface area contributed by atoms with E-state index in [2.05, 4.69) is 20.5 Å². The molecule has 2 atom stereocenters. The normalized spacial score (nSPS) is 16.2. The summed E-state index contributed by atoms with van der Waals surface area (Å²) in [6.07, 6.45) is 3.97. The molecule has 3 N–H and O–H groups in total. The fourth-order valence-corrected chi connectivity index (χ4v) is 10.7. The van der Waals surface area contributed by atoms with Crippen LogP contribution in [-0.4, -0.2) is 95.2 Å². The van der Waals surface area contributed by atoms with Gasteiger partial charge in [0.1, 0.15) is 41.8 Å². The number of rotatable bonds is 18. The van der Waals surface area contributed by atoms with Crippen LogP contribution in [0, 0.1) is 18.2 Å². The third-order valence-corrected chi connectivity index (χ3v) is 14.7. The molecule has 3 amide bonds. The summed E-state index contributed by atoms with van der Waals surface area (Å²) in [5.74, 6) is 1.25. The Hall–Kier alpha value is -5.87. The van der Waals surface area contributed by atoms with Gasteiger partial charge in [0.2, 0.25) is 17.7 Å². The number of fused-ring (bicyclic) bond motifs is 1. The van der Waals surface area contributed by atoms with E-state index >= 15 is 0 Å². The van der Waals surface area contributed by atoms with E-state index in [4.69, 9.17) is 14.2 Å². The Morgan fingerprint density at radius 1 is 0.882 bits per heavy atom. The lowest BCUT2D eigenvalue weighted by Gasteiger charge is -2.35. The zero-order valence-electron chi connectivity index (χ0n) is 39.1. The second-order valence-electron chi connectivity index (χ2n) is 18.6. The number of hydrogen-bond donors (Lipinski definition) is 3. The Morgan fingerprint density at radius 2 is 1.59 bits per heavy atom. The second kappa shape index (κ2) is 22.0. The Kier molecular flexibility index (Phi) is 15.7. The van der Waals surface area contributed by atoms with Crippen LogP contribution < -0.4 is 20.1 Å². The van der Waals surface area contributed by atoms with Crippen LogP contribution in [0.5, 0.6) is 23.0 Å². The maximum Gasteiger partial charge on any atom is 0.246 e. The molecule has 1 unspecified atom stereocenters. The second-order valence-corrected chi connectivity index (χ2v) is 20.5. The van der Waals surface area contributed by atoms with Crippen molar-refractivity contribution >= 4 is 50.5 Å². The van der Waals surface area contributed by atoms with Crippen LogP contribution in [0.4, 0.5) is 4.39 Å². The highest BCUT2D eigenvalue weighted by molar-refractivity contribution is 7.22. The van der Waals surface area contributed by atoms with Crippen molar-refractivity contribution in [2.24, 2.45) is 5.41 Å². The first kappa shape index (κ1) is 48.6. The number of aromatic hydroxyl groups is 1. The van der Waals surface area contributed by atoms with Crippen molar-refractivity contribution < 1.29 is 38.1 Å². The van der Waals surface area contributed by atoms with E-state index in [1.807, 2.05) is 87.8 Å². The van der Waals surface area contributed by atoms with Gasteiger partial charge in [-0.25, -0.2) is 9.37 Å². The molecule has 0 aliphatic carbocycles. The summed E-state index contributed by atoms with van der Waals surface area (Å²) < 4.78 is 33.3. The van der Waals surface area contributed by atoms with E-state index in [1.54, 1.807) is 40.5 Å². The van der Waals surface area contributed by atoms with Crippen molar-refractivity contribution in [1.29, 1.82) is 0 Å². The number of thiazole rings is 1. The summed E-state index contributed by atoms with van der Waals surface area (Å²) in [5, 5.41) is 17.0. The molecule has 0 radical (unpaired) electrons. The number of piperidine rings is 1. The van der Waals surface area contributed by atoms with Gasteiger partial charge in [-0.15, -0.1) is 22.7 Å². The quantitative estimate of drug-likeness (QED) is 0.0718. The van der Waals surface area contributed by atoms with E-state index < -0.39 is 17.5 Å². The van der Waals surface area contributed by atoms with E-state index in [9.17, 15) is 23.9 Å². The largest absolute Gasteiger partial charge is 0.508 e. The number of phenols is 1. The fourth-order valence-electron chi connectivity index (χ4n) is 8.76. The van der Waals surface area contributed by atoms with Gasteiger partial charge in [0, 0.05) is 55.8 Å². The molecule has 358 valence electrons. The molecule has 4 aromatic carbocycles. The number of amides is 3. The van der Waals surface area contributed by atoms with Crippen molar-refractivity contribution in [3.8, 4) is 43.9 Å². The van der Waals surface area contributed by atoms with Gasteiger partial charge in [-0.05, 0) is 116 Å². The highest BCUT2D eigenvalue weighted by Gasteiger charge is 2.41. The van der Waals surface area contributed by atoms with Crippen LogP contribution in [0.3, 0.4) is 0 Å².